The van der Waals surface area contributed by atoms with Gasteiger partial charge in [0.15, 0.2) is 6.61 Å². The van der Waals surface area contributed by atoms with Crippen LogP contribution in [0, 0.1) is 20.8 Å². The van der Waals surface area contributed by atoms with Gasteiger partial charge < -0.3 is 19.5 Å². The third kappa shape index (κ3) is 3.54. The van der Waals surface area contributed by atoms with Crippen molar-refractivity contribution in [2.75, 3.05) is 6.61 Å². The highest BCUT2D eigenvalue weighted by molar-refractivity contribution is 5.86. The van der Waals surface area contributed by atoms with Crippen LogP contribution in [-0.4, -0.2) is 22.5 Å². The van der Waals surface area contributed by atoms with Crippen molar-refractivity contribution in [3.05, 3.63) is 69.3 Å². The second kappa shape index (κ2) is 7.67. The SMILES string of the molecule is Cc1c(C)c2ccc(OCC(=O)N[C@@H](C)c3nc4ccccc4[nH]3)c(C)c2oc1=O. The molecule has 0 radical (unpaired) electrons. The minimum absolute atomic E-state index is 0.161. The number of amides is 1. The van der Waals surface area contributed by atoms with Gasteiger partial charge in [-0.25, -0.2) is 9.78 Å². The number of nitrogens with zero attached hydrogens (tertiary/aromatic N) is 1. The molecule has 2 heterocycles. The van der Waals surface area contributed by atoms with Gasteiger partial charge in [-0.1, -0.05) is 12.1 Å². The average molecular weight is 405 g/mol. The molecule has 2 N–H and O–H groups in total. The maximum Gasteiger partial charge on any atom is 0.339 e. The van der Waals surface area contributed by atoms with E-state index in [4.69, 9.17) is 9.15 Å². The Morgan fingerprint density at radius 1 is 1.13 bits per heavy atom. The summed E-state index contributed by atoms with van der Waals surface area (Å²) >= 11 is 0. The number of aryl methyl sites for hydroxylation is 2. The van der Waals surface area contributed by atoms with E-state index in [0.717, 1.165) is 22.0 Å². The Morgan fingerprint density at radius 2 is 1.90 bits per heavy atom. The van der Waals surface area contributed by atoms with Gasteiger partial charge in [-0.15, -0.1) is 0 Å². The van der Waals surface area contributed by atoms with Gasteiger partial charge in [-0.2, -0.15) is 0 Å². The van der Waals surface area contributed by atoms with E-state index in [1.807, 2.05) is 51.1 Å². The number of hydrogen-bond donors (Lipinski definition) is 2. The van der Waals surface area contributed by atoms with Gasteiger partial charge in [0.2, 0.25) is 0 Å². The summed E-state index contributed by atoms with van der Waals surface area (Å²) in [6.07, 6.45) is 0. The molecule has 0 spiro atoms. The first-order chi connectivity index (χ1) is 14.3. The monoisotopic (exact) mass is 405 g/mol. The summed E-state index contributed by atoms with van der Waals surface area (Å²) in [5.74, 6) is 0.906. The summed E-state index contributed by atoms with van der Waals surface area (Å²) in [4.78, 5) is 32.1. The number of aromatic amines is 1. The van der Waals surface area contributed by atoms with Crippen LogP contribution in [0.3, 0.4) is 0 Å². The highest BCUT2D eigenvalue weighted by Crippen LogP contribution is 2.29. The van der Waals surface area contributed by atoms with Crippen molar-refractivity contribution in [2.45, 2.75) is 33.7 Å². The molecule has 1 atom stereocenters. The van der Waals surface area contributed by atoms with Gasteiger partial charge in [0.1, 0.15) is 17.2 Å². The highest BCUT2D eigenvalue weighted by Gasteiger charge is 2.16. The summed E-state index contributed by atoms with van der Waals surface area (Å²) < 4.78 is 11.2. The maximum absolute atomic E-state index is 12.4. The fourth-order valence-electron chi connectivity index (χ4n) is 3.45. The molecular weight excluding hydrogens is 382 g/mol. The van der Waals surface area contributed by atoms with Crippen molar-refractivity contribution in [1.82, 2.24) is 15.3 Å². The number of fused-ring (bicyclic) bond motifs is 2. The first kappa shape index (κ1) is 19.7. The van der Waals surface area contributed by atoms with Gasteiger partial charge in [0.05, 0.1) is 17.1 Å². The fourth-order valence-corrected chi connectivity index (χ4v) is 3.45. The van der Waals surface area contributed by atoms with Gasteiger partial charge in [0.25, 0.3) is 5.91 Å². The molecule has 0 aliphatic rings. The number of rotatable bonds is 5. The molecule has 0 unspecified atom stereocenters. The number of hydrogen-bond acceptors (Lipinski definition) is 5. The predicted molar refractivity (Wildman–Crippen MR) is 115 cm³/mol. The van der Waals surface area contributed by atoms with E-state index in [0.29, 0.717) is 28.3 Å². The lowest BCUT2D eigenvalue weighted by Crippen LogP contribution is -2.31. The molecule has 4 rings (SSSR count). The van der Waals surface area contributed by atoms with Crippen molar-refractivity contribution in [2.24, 2.45) is 0 Å². The minimum atomic E-state index is -0.363. The molecule has 0 fully saturated rings. The van der Waals surface area contributed by atoms with E-state index >= 15 is 0 Å². The first-order valence-electron chi connectivity index (χ1n) is 9.75. The number of aromatic nitrogens is 2. The second-order valence-electron chi connectivity index (χ2n) is 7.42. The summed E-state index contributed by atoms with van der Waals surface area (Å²) in [6.45, 7) is 7.14. The molecule has 0 aliphatic carbocycles. The van der Waals surface area contributed by atoms with Gasteiger partial charge in [-0.3, -0.25) is 4.79 Å². The highest BCUT2D eigenvalue weighted by atomic mass is 16.5. The number of para-hydroxylation sites is 2. The minimum Gasteiger partial charge on any atom is -0.483 e. The smallest absolute Gasteiger partial charge is 0.339 e. The average Bonchev–Trinajstić information content (AvgIpc) is 3.17. The standard InChI is InChI=1S/C23H23N3O4/c1-12-13(2)23(28)30-21-14(3)19(10-9-16(12)21)29-11-20(27)24-15(4)22-25-17-7-5-6-8-18(17)26-22/h5-10,15H,11H2,1-4H3,(H,24,27)(H,25,26)/t15-/m0/s1. The summed E-state index contributed by atoms with van der Waals surface area (Å²) in [5, 5.41) is 3.74. The van der Waals surface area contributed by atoms with E-state index < -0.39 is 0 Å². The summed E-state index contributed by atoms with van der Waals surface area (Å²) in [6, 6.07) is 11.0. The number of nitrogens with one attached hydrogen (secondary N) is 2. The van der Waals surface area contributed by atoms with Crippen LogP contribution in [-0.2, 0) is 4.79 Å². The molecule has 0 saturated heterocycles. The Morgan fingerprint density at radius 3 is 2.67 bits per heavy atom. The molecule has 7 nitrogen and oxygen atoms in total. The lowest BCUT2D eigenvalue weighted by Gasteiger charge is -2.14. The Bertz CT molecular complexity index is 1290. The largest absolute Gasteiger partial charge is 0.483 e. The molecule has 2 aromatic heterocycles. The molecule has 154 valence electrons. The lowest BCUT2D eigenvalue weighted by molar-refractivity contribution is -0.123. The Hall–Kier alpha value is -3.61. The van der Waals surface area contributed by atoms with Crippen LogP contribution in [0.15, 0.2) is 45.6 Å². The molecule has 30 heavy (non-hydrogen) atoms. The van der Waals surface area contributed by atoms with Crippen LogP contribution in [0.25, 0.3) is 22.0 Å². The van der Waals surface area contributed by atoms with E-state index in [-0.39, 0.29) is 24.2 Å². The van der Waals surface area contributed by atoms with Crippen molar-refractivity contribution >= 4 is 27.9 Å². The molecule has 0 saturated carbocycles. The van der Waals surface area contributed by atoms with Crippen LogP contribution in [0.1, 0.15) is 35.5 Å². The quantitative estimate of drug-likeness (QED) is 0.492. The van der Waals surface area contributed by atoms with Crippen LogP contribution < -0.4 is 15.7 Å². The zero-order valence-corrected chi connectivity index (χ0v) is 17.3. The van der Waals surface area contributed by atoms with Crippen molar-refractivity contribution in [3.8, 4) is 5.75 Å². The van der Waals surface area contributed by atoms with Gasteiger partial charge >= 0.3 is 5.63 Å². The zero-order chi connectivity index (χ0) is 21.4. The van der Waals surface area contributed by atoms with Gasteiger partial charge in [-0.05, 0) is 57.5 Å². The third-order valence-corrected chi connectivity index (χ3v) is 5.38. The number of carbonyl (C=O) groups is 1. The molecule has 1 amide bonds. The number of ether oxygens (including phenoxy) is 1. The number of imidazole rings is 1. The van der Waals surface area contributed by atoms with Gasteiger partial charge in [0, 0.05) is 16.5 Å². The maximum atomic E-state index is 12.4. The van der Waals surface area contributed by atoms with E-state index in [9.17, 15) is 9.59 Å². The molecule has 0 bridgehead atoms. The van der Waals surface area contributed by atoms with Crippen LogP contribution >= 0.6 is 0 Å². The molecule has 4 aromatic rings. The molecule has 2 aromatic carbocycles. The third-order valence-electron chi connectivity index (χ3n) is 5.38. The van der Waals surface area contributed by atoms with E-state index in [1.54, 1.807) is 13.0 Å². The molecular formula is C23H23N3O4. The number of carbonyl (C=O) groups excluding carboxylic acids is 1. The first-order valence-corrected chi connectivity index (χ1v) is 9.75. The lowest BCUT2D eigenvalue weighted by atomic mass is 10.0. The van der Waals surface area contributed by atoms with Crippen LogP contribution in [0.2, 0.25) is 0 Å². The fraction of sp³-hybridized carbons (Fsp3) is 0.261. The van der Waals surface area contributed by atoms with Crippen LogP contribution in [0.5, 0.6) is 5.75 Å². The second-order valence-corrected chi connectivity index (χ2v) is 7.42. The van der Waals surface area contributed by atoms with Crippen LogP contribution in [0.4, 0.5) is 0 Å². The normalized spacial score (nSPS) is 12.3. The van der Waals surface area contributed by atoms with Crippen molar-refractivity contribution in [3.63, 3.8) is 0 Å². The Balaban J connectivity index is 1.47. The zero-order valence-electron chi connectivity index (χ0n) is 17.3. The van der Waals surface area contributed by atoms with Crippen molar-refractivity contribution in [1.29, 1.82) is 0 Å². The summed E-state index contributed by atoms with van der Waals surface area (Å²) in [7, 11) is 0. The predicted octanol–water partition coefficient (Wildman–Crippen LogP) is 3.85. The Labute approximate surface area is 173 Å². The van der Waals surface area contributed by atoms with Crippen molar-refractivity contribution < 1.29 is 13.9 Å². The molecule has 0 aliphatic heterocycles. The summed E-state index contributed by atoms with van der Waals surface area (Å²) in [5.41, 5.74) is 4.05. The number of benzene rings is 2. The molecule has 7 heteroatoms. The number of H-pyrrole nitrogens is 1. The Kier molecular flexibility index (Phi) is 5.03. The topological polar surface area (TPSA) is 97.2 Å². The van der Waals surface area contributed by atoms with E-state index in [2.05, 4.69) is 15.3 Å². The van der Waals surface area contributed by atoms with E-state index in [1.165, 1.54) is 0 Å².